The lowest BCUT2D eigenvalue weighted by Gasteiger charge is -2.29. The van der Waals surface area contributed by atoms with Gasteiger partial charge in [-0.1, -0.05) is 337 Å². The molecule has 13 rings (SSSR count). The highest BCUT2D eigenvalue weighted by Crippen LogP contribution is 2.48. The molecule has 0 aromatic heterocycles. The molecule has 7 heteroatoms. The number of halogens is 1. The quantitative estimate of drug-likeness (QED) is 0.121. The van der Waals surface area contributed by atoms with Crippen molar-refractivity contribution in [3.05, 3.63) is 350 Å². The van der Waals surface area contributed by atoms with E-state index in [0.717, 1.165) is 139 Å². The van der Waals surface area contributed by atoms with E-state index in [1.54, 1.807) is 0 Å². The van der Waals surface area contributed by atoms with Crippen molar-refractivity contribution in [1.29, 1.82) is 0 Å². The molecule has 564 valence electrons. The minimum atomic E-state index is -0.282. The first-order valence-corrected chi connectivity index (χ1v) is 40.1. The zero-order valence-electron chi connectivity index (χ0n) is 68.0. The molecule has 0 saturated carbocycles. The lowest BCUT2D eigenvalue weighted by Crippen LogP contribution is -2.18. The van der Waals surface area contributed by atoms with E-state index < -0.39 is 0 Å². The SMILES string of the molecule is CC(C)(C)c1cc2c(OCc3ccccc3)c(c1)Cc1cc(C(C)(C)C)cc3c1OCc1cccc(c1Br)COc1c(cc(C(C)(C)C)cc1Cc1cc(C(C)(C)C)cc(c1OCc1ccccc1)Cc1cc(C(C)(C)C)cc(c1OCc1ccccc1)C3)Cc1cc(C(C)(C)C)cc(c1OCc1ccccc1)C2. The molecule has 2 heterocycles. The highest BCUT2D eigenvalue weighted by molar-refractivity contribution is 9.10. The third-order valence-corrected chi connectivity index (χ3v) is 22.8. The number of fused-ring (bicyclic) bond motifs is 10. The Morgan fingerprint density at radius 1 is 0.239 bits per heavy atom. The molecule has 12 bridgehead atoms. The highest BCUT2D eigenvalue weighted by Gasteiger charge is 2.33. The first kappa shape index (κ1) is 77.8. The smallest absolute Gasteiger partial charge is 0.126 e. The van der Waals surface area contributed by atoms with Gasteiger partial charge in [0, 0.05) is 54.1 Å². The van der Waals surface area contributed by atoms with Crippen LogP contribution in [0.4, 0.5) is 0 Å². The van der Waals surface area contributed by atoms with Gasteiger partial charge in [0.25, 0.3) is 0 Å². The summed E-state index contributed by atoms with van der Waals surface area (Å²) in [7, 11) is 0. The summed E-state index contributed by atoms with van der Waals surface area (Å²) in [6.07, 6.45) is 3.06. The van der Waals surface area contributed by atoms with E-state index in [2.05, 4.69) is 353 Å². The van der Waals surface area contributed by atoms with Crippen LogP contribution in [0.25, 0.3) is 0 Å². The normalized spacial score (nSPS) is 13.6. The predicted molar refractivity (Wildman–Crippen MR) is 454 cm³/mol. The monoisotopic (exact) mass is 1510 g/mol. The standard InChI is InChI=1S/C102H113BrO6/c1-97(2,3)84-48-72-42-73-49-85(98(4,5)6)53-77(92(73)105-61-67-34-25-20-26-35-67)45-82-58-89(102(16,17)18)59-83-47-79-55-87(100(10,11)12)51-75(94(79)107-63-69-38-29-22-30-39-69)43-74-50-86(99(7,8)9)54-78(93(74)106-62-68-36-27-21-28-37-68)46-81-57-88(101(13,14)15)56-80(44-76(52-84)91(72)104-60-66-32-23-19-24-33-66)95(81)108-64-70-40-31-41-71(90(70)103)65-109-96(82)83/h19-41,48-59H,42-47,60-65H2,1-18H3. The van der Waals surface area contributed by atoms with E-state index >= 15 is 0 Å². The first-order valence-electron chi connectivity index (χ1n) is 39.3. The lowest BCUT2D eigenvalue weighted by atomic mass is 9.79. The Bertz CT molecular complexity index is 4480. The third kappa shape index (κ3) is 18.6. The summed E-state index contributed by atoms with van der Waals surface area (Å²) in [5.41, 5.74) is 25.1. The average Bonchev–Trinajstić information content (AvgIpc) is 0.764. The minimum Gasteiger partial charge on any atom is -0.488 e. The minimum absolute atomic E-state index is 0.264. The summed E-state index contributed by atoms with van der Waals surface area (Å²) in [6.45, 7) is 44.1. The van der Waals surface area contributed by atoms with Gasteiger partial charge >= 0.3 is 0 Å². The summed E-state index contributed by atoms with van der Waals surface area (Å²) in [5, 5.41) is 0. The molecule has 0 N–H and O–H groups in total. The molecule has 0 saturated heterocycles. The van der Waals surface area contributed by atoms with Gasteiger partial charge in [-0.15, -0.1) is 0 Å². The number of hydrogen-bond acceptors (Lipinski definition) is 6. The predicted octanol–water partition coefficient (Wildman–Crippen LogP) is 25.9. The molecular formula is C102H113BrO6. The molecule has 0 atom stereocenters. The van der Waals surface area contributed by atoms with Crippen LogP contribution in [-0.4, -0.2) is 0 Å². The Morgan fingerprint density at radius 2 is 0.422 bits per heavy atom. The number of rotatable bonds is 12. The topological polar surface area (TPSA) is 55.4 Å². The van der Waals surface area contributed by atoms with E-state index in [-0.39, 0.29) is 45.7 Å². The van der Waals surface area contributed by atoms with Crippen LogP contribution in [0.2, 0.25) is 0 Å². The zero-order valence-corrected chi connectivity index (χ0v) is 69.6. The largest absolute Gasteiger partial charge is 0.488 e. The molecule has 0 unspecified atom stereocenters. The maximum atomic E-state index is 7.81. The van der Waals surface area contributed by atoms with E-state index in [9.17, 15) is 0 Å². The van der Waals surface area contributed by atoms with Crippen LogP contribution in [-0.2, 0) is 111 Å². The lowest BCUT2D eigenvalue weighted by molar-refractivity contribution is 0.289. The molecule has 6 nitrogen and oxygen atoms in total. The van der Waals surface area contributed by atoms with Crippen LogP contribution in [0.15, 0.2) is 217 Å². The fraction of sp³-hybridized carbons (Fsp3) is 0.353. The van der Waals surface area contributed by atoms with Crippen molar-refractivity contribution in [2.45, 2.75) is 235 Å². The molecule has 0 amide bonds. The number of ether oxygens (including phenoxy) is 6. The Morgan fingerprint density at radius 3 is 0.615 bits per heavy atom. The van der Waals surface area contributed by atoms with Gasteiger partial charge in [0.05, 0.1) is 0 Å². The van der Waals surface area contributed by atoms with Gasteiger partial charge in [-0.05, 0) is 171 Å². The van der Waals surface area contributed by atoms with Gasteiger partial charge in [-0.2, -0.15) is 0 Å². The Hall–Kier alpha value is -9.30. The summed E-state index contributed by atoms with van der Waals surface area (Å²) in [4.78, 5) is 0. The molecule has 109 heavy (non-hydrogen) atoms. The van der Waals surface area contributed by atoms with E-state index in [1.165, 1.54) is 33.4 Å². The molecule has 0 spiro atoms. The average molecular weight is 1510 g/mol. The second-order valence-electron chi connectivity index (χ2n) is 36.9. The molecule has 0 radical (unpaired) electrons. The summed E-state index contributed by atoms with van der Waals surface area (Å²) >= 11 is 4.29. The van der Waals surface area contributed by atoms with Crippen molar-refractivity contribution in [2.24, 2.45) is 0 Å². The molecule has 2 aliphatic rings. The van der Waals surface area contributed by atoms with E-state index in [0.29, 0.717) is 65.0 Å². The maximum Gasteiger partial charge on any atom is 0.126 e. The van der Waals surface area contributed by atoms with Crippen LogP contribution >= 0.6 is 15.9 Å². The van der Waals surface area contributed by atoms with Gasteiger partial charge in [-0.3, -0.25) is 0 Å². The molecule has 2 aliphatic heterocycles. The van der Waals surface area contributed by atoms with Crippen LogP contribution < -0.4 is 28.4 Å². The molecular weight excluding hydrogens is 1400 g/mol. The van der Waals surface area contributed by atoms with Crippen molar-refractivity contribution >= 4 is 15.9 Å². The van der Waals surface area contributed by atoms with Gasteiger partial charge in [0.2, 0.25) is 0 Å². The van der Waals surface area contributed by atoms with Crippen molar-refractivity contribution in [1.82, 2.24) is 0 Å². The molecule has 11 aromatic carbocycles. The van der Waals surface area contributed by atoms with Crippen LogP contribution in [0, 0.1) is 0 Å². The van der Waals surface area contributed by atoms with Crippen LogP contribution in [0.5, 0.6) is 34.5 Å². The fourth-order valence-electron chi connectivity index (χ4n) is 15.1. The fourth-order valence-corrected chi connectivity index (χ4v) is 15.6. The Kier molecular flexibility index (Phi) is 22.6. The number of hydrogen-bond donors (Lipinski definition) is 0. The Labute approximate surface area is 660 Å². The molecule has 0 aliphatic carbocycles. The van der Waals surface area contributed by atoms with Crippen molar-refractivity contribution in [3.8, 4) is 34.5 Å². The second-order valence-corrected chi connectivity index (χ2v) is 37.7. The van der Waals surface area contributed by atoms with E-state index in [4.69, 9.17) is 28.4 Å². The van der Waals surface area contributed by atoms with Gasteiger partial charge in [0.1, 0.15) is 74.1 Å². The third-order valence-electron chi connectivity index (χ3n) is 21.7. The van der Waals surface area contributed by atoms with Crippen LogP contribution in [0.1, 0.15) is 258 Å². The van der Waals surface area contributed by atoms with Crippen molar-refractivity contribution in [2.75, 3.05) is 0 Å². The van der Waals surface area contributed by atoms with Gasteiger partial charge in [-0.25, -0.2) is 0 Å². The second kappa shape index (κ2) is 31.6. The first-order chi connectivity index (χ1) is 51.7. The summed E-state index contributed by atoms with van der Waals surface area (Å²) in [5.74, 6) is 5.13. The van der Waals surface area contributed by atoms with Gasteiger partial charge < -0.3 is 28.4 Å². The highest BCUT2D eigenvalue weighted by atomic mass is 79.9. The van der Waals surface area contributed by atoms with Crippen molar-refractivity contribution < 1.29 is 28.4 Å². The summed E-state index contributed by atoms with van der Waals surface area (Å²) in [6, 6.07) is 78.3. The molecule has 11 aromatic rings. The Balaban J connectivity index is 1.20. The van der Waals surface area contributed by atoms with Crippen LogP contribution in [0.3, 0.4) is 0 Å². The van der Waals surface area contributed by atoms with E-state index in [1.807, 2.05) is 0 Å². The maximum absolute atomic E-state index is 7.81. The van der Waals surface area contributed by atoms with Crippen molar-refractivity contribution in [3.63, 3.8) is 0 Å². The molecule has 0 fully saturated rings. The van der Waals surface area contributed by atoms with Gasteiger partial charge in [0.15, 0.2) is 0 Å². The zero-order chi connectivity index (χ0) is 77.4. The summed E-state index contributed by atoms with van der Waals surface area (Å²) < 4.78 is 47.0. The number of benzene rings is 11.